The predicted octanol–water partition coefficient (Wildman–Crippen LogP) is 3.30. The second-order valence-corrected chi connectivity index (χ2v) is 5.71. The molecule has 0 saturated carbocycles. The van der Waals surface area contributed by atoms with Crippen LogP contribution in [-0.4, -0.2) is 14.8 Å². The number of nitrogen functional groups attached to an aromatic ring is 1. The van der Waals surface area contributed by atoms with Gasteiger partial charge in [0.1, 0.15) is 0 Å². The second kappa shape index (κ2) is 6.10. The van der Waals surface area contributed by atoms with Gasteiger partial charge in [0.25, 0.3) is 0 Å². The average molecular weight is 276 g/mol. The van der Waals surface area contributed by atoms with Crippen LogP contribution in [-0.2, 0) is 12.2 Å². The summed E-state index contributed by atoms with van der Waals surface area (Å²) in [6.45, 7) is 6.33. The van der Waals surface area contributed by atoms with Crippen molar-refractivity contribution in [3.05, 3.63) is 35.4 Å². The number of nitrogens with zero attached hydrogens (tertiary/aromatic N) is 3. The first-order valence-corrected chi connectivity index (χ1v) is 7.51. The van der Waals surface area contributed by atoms with Gasteiger partial charge in [-0.05, 0) is 31.4 Å². The molecular formula is C14H20N4S. The van der Waals surface area contributed by atoms with Gasteiger partial charge in [-0.2, -0.15) is 0 Å². The Bertz CT molecular complexity index is 531. The van der Waals surface area contributed by atoms with Crippen molar-refractivity contribution in [2.45, 2.75) is 44.1 Å². The van der Waals surface area contributed by atoms with Gasteiger partial charge in [0, 0.05) is 11.8 Å². The van der Waals surface area contributed by atoms with Crippen molar-refractivity contribution in [1.82, 2.24) is 14.8 Å². The standard InChI is InChI=1S/C14H20N4S/c1-4-11-5-7-12(8-6-11)9-19-14-17-16-13(15)18(14)10(2)3/h5-8,10H,4,9H2,1-3H3,(H2,15,16). The van der Waals surface area contributed by atoms with Crippen LogP contribution in [0.1, 0.15) is 37.9 Å². The minimum absolute atomic E-state index is 0.278. The first-order valence-electron chi connectivity index (χ1n) is 6.52. The van der Waals surface area contributed by atoms with E-state index < -0.39 is 0 Å². The van der Waals surface area contributed by atoms with Crippen LogP contribution in [0.25, 0.3) is 0 Å². The Hall–Kier alpha value is -1.49. The summed E-state index contributed by atoms with van der Waals surface area (Å²) in [5, 5.41) is 8.97. The van der Waals surface area contributed by atoms with Gasteiger partial charge < -0.3 is 5.73 Å². The van der Waals surface area contributed by atoms with Crippen LogP contribution in [0, 0.1) is 0 Å². The molecule has 0 aliphatic carbocycles. The van der Waals surface area contributed by atoms with E-state index in [2.05, 4.69) is 55.2 Å². The zero-order chi connectivity index (χ0) is 13.8. The van der Waals surface area contributed by atoms with Crippen LogP contribution in [0.5, 0.6) is 0 Å². The van der Waals surface area contributed by atoms with E-state index >= 15 is 0 Å². The number of hydrogen-bond acceptors (Lipinski definition) is 4. The average Bonchev–Trinajstić information content (AvgIpc) is 2.78. The molecule has 0 aliphatic rings. The van der Waals surface area contributed by atoms with Gasteiger partial charge in [-0.3, -0.25) is 4.57 Å². The molecule has 0 atom stereocenters. The van der Waals surface area contributed by atoms with Gasteiger partial charge in [0.15, 0.2) is 5.16 Å². The van der Waals surface area contributed by atoms with Gasteiger partial charge in [-0.25, -0.2) is 0 Å². The third kappa shape index (κ3) is 3.29. The number of aromatic nitrogens is 3. The van der Waals surface area contributed by atoms with E-state index in [1.807, 2.05) is 4.57 Å². The fourth-order valence-corrected chi connectivity index (χ4v) is 2.92. The number of hydrogen-bond donors (Lipinski definition) is 1. The Morgan fingerprint density at radius 1 is 1.16 bits per heavy atom. The van der Waals surface area contributed by atoms with Crippen molar-refractivity contribution >= 4 is 17.7 Å². The molecule has 0 fully saturated rings. The van der Waals surface area contributed by atoms with E-state index in [9.17, 15) is 0 Å². The van der Waals surface area contributed by atoms with Gasteiger partial charge >= 0.3 is 0 Å². The SMILES string of the molecule is CCc1ccc(CSc2nnc(N)n2C(C)C)cc1. The predicted molar refractivity (Wildman–Crippen MR) is 80.2 cm³/mol. The van der Waals surface area contributed by atoms with Crippen LogP contribution >= 0.6 is 11.8 Å². The van der Waals surface area contributed by atoms with E-state index in [0.29, 0.717) is 5.95 Å². The molecule has 2 rings (SSSR count). The fraction of sp³-hybridized carbons (Fsp3) is 0.429. The second-order valence-electron chi connectivity index (χ2n) is 4.76. The van der Waals surface area contributed by atoms with Crippen LogP contribution in [0.15, 0.2) is 29.4 Å². The lowest BCUT2D eigenvalue weighted by atomic mass is 10.1. The summed E-state index contributed by atoms with van der Waals surface area (Å²) in [5.41, 5.74) is 8.48. The first kappa shape index (κ1) is 13.9. The number of benzene rings is 1. The molecule has 0 aliphatic heterocycles. The highest BCUT2D eigenvalue weighted by molar-refractivity contribution is 7.98. The van der Waals surface area contributed by atoms with Gasteiger partial charge in [0.2, 0.25) is 5.95 Å². The lowest BCUT2D eigenvalue weighted by Gasteiger charge is -2.11. The van der Waals surface area contributed by atoms with E-state index in [-0.39, 0.29) is 6.04 Å². The van der Waals surface area contributed by atoms with E-state index in [4.69, 9.17) is 5.73 Å². The van der Waals surface area contributed by atoms with E-state index in [1.54, 1.807) is 11.8 Å². The zero-order valence-electron chi connectivity index (χ0n) is 11.6. The van der Waals surface area contributed by atoms with Crippen LogP contribution in [0.2, 0.25) is 0 Å². The normalized spacial score (nSPS) is 11.2. The highest BCUT2D eigenvalue weighted by Gasteiger charge is 2.12. The smallest absolute Gasteiger partial charge is 0.222 e. The summed E-state index contributed by atoms with van der Waals surface area (Å²) in [6.07, 6.45) is 1.08. The maximum Gasteiger partial charge on any atom is 0.222 e. The van der Waals surface area contributed by atoms with Crippen LogP contribution in [0.4, 0.5) is 5.95 Å². The monoisotopic (exact) mass is 276 g/mol. The molecule has 0 spiro atoms. The summed E-state index contributed by atoms with van der Waals surface area (Å²) in [6, 6.07) is 8.98. The molecule has 1 aromatic carbocycles. The molecular weight excluding hydrogens is 256 g/mol. The van der Waals surface area contributed by atoms with Gasteiger partial charge in [-0.1, -0.05) is 43.0 Å². The number of anilines is 1. The highest BCUT2D eigenvalue weighted by atomic mass is 32.2. The van der Waals surface area contributed by atoms with Crippen molar-refractivity contribution < 1.29 is 0 Å². The molecule has 0 amide bonds. The third-order valence-corrected chi connectivity index (χ3v) is 4.02. The Balaban J connectivity index is 2.05. The number of nitrogens with two attached hydrogens (primary N) is 1. The number of rotatable bonds is 5. The fourth-order valence-electron chi connectivity index (χ4n) is 1.89. The summed E-state index contributed by atoms with van der Waals surface area (Å²) in [4.78, 5) is 0. The van der Waals surface area contributed by atoms with Gasteiger partial charge in [0.05, 0.1) is 0 Å². The number of aryl methyl sites for hydroxylation is 1. The topological polar surface area (TPSA) is 56.7 Å². The van der Waals surface area contributed by atoms with Crippen molar-refractivity contribution in [3.8, 4) is 0 Å². The van der Waals surface area contributed by atoms with E-state index in [0.717, 1.165) is 17.3 Å². The Kier molecular flexibility index (Phi) is 4.47. The molecule has 19 heavy (non-hydrogen) atoms. The molecule has 1 heterocycles. The molecule has 1 aromatic heterocycles. The first-order chi connectivity index (χ1) is 9.11. The van der Waals surface area contributed by atoms with Crippen molar-refractivity contribution in [3.63, 3.8) is 0 Å². The molecule has 5 heteroatoms. The maximum atomic E-state index is 5.83. The molecule has 0 radical (unpaired) electrons. The Morgan fingerprint density at radius 2 is 1.79 bits per heavy atom. The minimum atomic E-state index is 0.278. The summed E-state index contributed by atoms with van der Waals surface area (Å²) < 4.78 is 1.96. The molecule has 4 nitrogen and oxygen atoms in total. The molecule has 2 N–H and O–H groups in total. The minimum Gasteiger partial charge on any atom is -0.368 e. The Labute approximate surface area is 118 Å². The molecule has 0 unspecified atom stereocenters. The van der Waals surface area contributed by atoms with Gasteiger partial charge in [-0.15, -0.1) is 10.2 Å². The van der Waals surface area contributed by atoms with Crippen molar-refractivity contribution in [2.24, 2.45) is 0 Å². The zero-order valence-corrected chi connectivity index (χ0v) is 12.4. The van der Waals surface area contributed by atoms with Crippen molar-refractivity contribution in [2.75, 3.05) is 5.73 Å². The lowest BCUT2D eigenvalue weighted by molar-refractivity contribution is 0.557. The van der Waals surface area contributed by atoms with E-state index in [1.165, 1.54) is 11.1 Å². The molecule has 0 bridgehead atoms. The maximum absolute atomic E-state index is 5.83. The van der Waals surface area contributed by atoms with Crippen LogP contribution in [0.3, 0.4) is 0 Å². The number of thioether (sulfide) groups is 1. The largest absolute Gasteiger partial charge is 0.368 e. The summed E-state index contributed by atoms with van der Waals surface area (Å²) >= 11 is 1.67. The third-order valence-electron chi connectivity index (χ3n) is 3.01. The lowest BCUT2D eigenvalue weighted by Crippen LogP contribution is -2.07. The molecule has 102 valence electrons. The summed E-state index contributed by atoms with van der Waals surface area (Å²) in [7, 11) is 0. The molecule has 0 saturated heterocycles. The quantitative estimate of drug-likeness (QED) is 0.851. The Morgan fingerprint density at radius 3 is 2.37 bits per heavy atom. The van der Waals surface area contributed by atoms with Crippen LogP contribution < -0.4 is 5.73 Å². The summed E-state index contributed by atoms with van der Waals surface area (Å²) in [5.74, 6) is 1.37. The van der Waals surface area contributed by atoms with Crippen molar-refractivity contribution in [1.29, 1.82) is 0 Å². The molecule has 2 aromatic rings. The highest BCUT2D eigenvalue weighted by Crippen LogP contribution is 2.25.